The van der Waals surface area contributed by atoms with E-state index in [0.29, 0.717) is 5.02 Å². The molecule has 24 heavy (non-hydrogen) atoms. The Morgan fingerprint density at radius 2 is 1.79 bits per heavy atom. The molecule has 5 heteroatoms. The van der Waals surface area contributed by atoms with E-state index in [2.05, 4.69) is 5.32 Å². The molecule has 1 amide bonds. The van der Waals surface area contributed by atoms with Gasteiger partial charge in [-0.05, 0) is 29.3 Å². The van der Waals surface area contributed by atoms with E-state index in [9.17, 15) is 9.59 Å². The van der Waals surface area contributed by atoms with Gasteiger partial charge in [0, 0.05) is 11.1 Å². The SMILES string of the molecule is COC(=O)CC(NC(=O)/C=C/c1ccc(Cl)cc1)c1ccccc1. The molecule has 0 aliphatic rings. The van der Waals surface area contributed by atoms with Crippen LogP contribution in [0.2, 0.25) is 5.02 Å². The lowest BCUT2D eigenvalue weighted by Crippen LogP contribution is -2.29. The minimum absolute atomic E-state index is 0.0705. The Morgan fingerprint density at radius 1 is 1.12 bits per heavy atom. The molecule has 0 heterocycles. The maximum Gasteiger partial charge on any atom is 0.307 e. The van der Waals surface area contributed by atoms with Crippen molar-refractivity contribution in [2.24, 2.45) is 0 Å². The van der Waals surface area contributed by atoms with Gasteiger partial charge in [0.15, 0.2) is 0 Å². The van der Waals surface area contributed by atoms with Crippen molar-refractivity contribution >= 4 is 29.6 Å². The van der Waals surface area contributed by atoms with E-state index in [1.54, 1.807) is 18.2 Å². The summed E-state index contributed by atoms with van der Waals surface area (Å²) in [4.78, 5) is 23.7. The Hall–Kier alpha value is -2.59. The Balaban J connectivity index is 2.06. The third-order valence-electron chi connectivity index (χ3n) is 3.41. The second-order valence-corrected chi connectivity index (χ2v) is 5.57. The molecule has 0 spiro atoms. The first kappa shape index (κ1) is 17.8. The van der Waals surface area contributed by atoms with E-state index >= 15 is 0 Å². The first-order valence-electron chi connectivity index (χ1n) is 7.44. The molecule has 2 aromatic carbocycles. The monoisotopic (exact) mass is 343 g/mol. The van der Waals surface area contributed by atoms with Crippen molar-refractivity contribution in [3.63, 3.8) is 0 Å². The number of benzene rings is 2. The van der Waals surface area contributed by atoms with Crippen LogP contribution in [0.3, 0.4) is 0 Å². The molecule has 2 rings (SSSR count). The highest BCUT2D eigenvalue weighted by molar-refractivity contribution is 6.30. The summed E-state index contributed by atoms with van der Waals surface area (Å²) in [5.74, 6) is -0.673. The highest BCUT2D eigenvalue weighted by Gasteiger charge is 2.17. The molecule has 4 nitrogen and oxygen atoms in total. The van der Waals surface area contributed by atoms with E-state index in [4.69, 9.17) is 16.3 Å². The van der Waals surface area contributed by atoms with Crippen LogP contribution >= 0.6 is 11.6 Å². The lowest BCUT2D eigenvalue weighted by molar-refractivity contribution is -0.141. The number of amides is 1. The third-order valence-corrected chi connectivity index (χ3v) is 3.67. The summed E-state index contributed by atoms with van der Waals surface area (Å²) < 4.78 is 4.70. The molecule has 0 fully saturated rings. The second kappa shape index (κ2) is 8.89. The van der Waals surface area contributed by atoms with Gasteiger partial charge in [-0.1, -0.05) is 54.1 Å². The Bertz CT molecular complexity index is 711. The quantitative estimate of drug-likeness (QED) is 0.641. The predicted octanol–water partition coefficient (Wildman–Crippen LogP) is 3.77. The topological polar surface area (TPSA) is 55.4 Å². The van der Waals surface area contributed by atoms with E-state index in [1.807, 2.05) is 42.5 Å². The number of carbonyl (C=O) groups excluding carboxylic acids is 2. The number of hydrogen-bond acceptors (Lipinski definition) is 3. The van der Waals surface area contributed by atoms with Gasteiger partial charge in [0.1, 0.15) is 0 Å². The molecule has 1 N–H and O–H groups in total. The van der Waals surface area contributed by atoms with E-state index in [1.165, 1.54) is 13.2 Å². The number of rotatable bonds is 6. The fourth-order valence-corrected chi connectivity index (χ4v) is 2.28. The maximum atomic E-state index is 12.2. The zero-order valence-electron chi connectivity index (χ0n) is 13.2. The largest absolute Gasteiger partial charge is 0.469 e. The summed E-state index contributed by atoms with van der Waals surface area (Å²) in [5, 5.41) is 3.47. The lowest BCUT2D eigenvalue weighted by atomic mass is 10.0. The second-order valence-electron chi connectivity index (χ2n) is 5.14. The van der Waals surface area contributed by atoms with Crippen molar-refractivity contribution in [2.75, 3.05) is 7.11 Å². The summed E-state index contributed by atoms with van der Waals surface area (Å²) in [6.07, 6.45) is 3.18. The van der Waals surface area contributed by atoms with Crippen molar-refractivity contribution in [3.8, 4) is 0 Å². The van der Waals surface area contributed by atoms with Crippen LogP contribution in [0.1, 0.15) is 23.6 Å². The molecule has 0 aliphatic heterocycles. The molecule has 0 aliphatic carbocycles. The molecular weight excluding hydrogens is 326 g/mol. The molecule has 124 valence electrons. The van der Waals surface area contributed by atoms with Gasteiger partial charge in [-0.3, -0.25) is 9.59 Å². The van der Waals surface area contributed by atoms with Gasteiger partial charge in [0.25, 0.3) is 0 Å². The van der Waals surface area contributed by atoms with Crippen molar-refractivity contribution < 1.29 is 14.3 Å². The first-order valence-corrected chi connectivity index (χ1v) is 7.82. The van der Waals surface area contributed by atoms with Gasteiger partial charge < -0.3 is 10.1 Å². The van der Waals surface area contributed by atoms with Crippen LogP contribution in [-0.2, 0) is 14.3 Å². The maximum absolute atomic E-state index is 12.2. The average Bonchev–Trinajstić information content (AvgIpc) is 2.61. The smallest absolute Gasteiger partial charge is 0.307 e. The van der Waals surface area contributed by atoms with Crippen molar-refractivity contribution in [1.29, 1.82) is 0 Å². The highest BCUT2D eigenvalue weighted by atomic mass is 35.5. The summed E-state index contributed by atoms with van der Waals surface area (Å²) in [6.45, 7) is 0. The van der Waals surface area contributed by atoms with Crippen LogP contribution in [-0.4, -0.2) is 19.0 Å². The Morgan fingerprint density at radius 3 is 2.42 bits per heavy atom. The van der Waals surface area contributed by atoms with Crippen LogP contribution in [0.25, 0.3) is 6.08 Å². The summed E-state index contributed by atoms with van der Waals surface area (Å²) in [5.41, 5.74) is 1.70. The summed E-state index contributed by atoms with van der Waals surface area (Å²) in [7, 11) is 1.33. The number of nitrogens with one attached hydrogen (secondary N) is 1. The average molecular weight is 344 g/mol. The molecule has 0 saturated carbocycles. The summed E-state index contributed by atoms with van der Waals surface area (Å²) >= 11 is 5.83. The zero-order valence-corrected chi connectivity index (χ0v) is 14.0. The van der Waals surface area contributed by atoms with Crippen LogP contribution in [0.15, 0.2) is 60.7 Å². The number of hydrogen-bond donors (Lipinski definition) is 1. The van der Waals surface area contributed by atoms with Crippen molar-refractivity contribution in [1.82, 2.24) is 5.32 Å². The van der Waals surface area contributed by atoms with E-state index in [0.717, 1.165) is 11.1 Å². The van der Waals surface area contributed by atoms with Gasteiger partial charge >= 0.3 is 5.97 Å². The van der Waals surface area contributed by atoms with Crippen molar-refractivity contribution in [2.45, 2.75) is 12.5 Å². The van der Waals surface area contributed by atoms with E-state index in [-0.39, 0.29) is 18.3 Å². The molecule has 0 bridgehead atoms. The molecule has 0 radical (unpaired) electrons. The van der Waals surface area contributed by atoms with Gasteiger partial charge in [-0.2, -0.15) is 0 Å². The van der Waals surface area contributed by atoms with Crippen LogP contribution < -0.4 is 5.32 Å². The van der Waals surface area contributed by atoms with Gasteiger partial charge in [-0.15, -0.1) is 0 Å². The molecule has 0 saturated heterocycles. The van der Waals surface area contributed by atoms with E-state index < -0.39 is 6.04 Å². The predicted molar refractivity (Wildman–Crippen MR) is 94.4 cm³/mol. The molecule has 2 aromatic rings. The number of esters is 1. The van der Waals surface area contributed by atoms with Gasteiger partial charge in [0.05, 0.1) is 19.6 Å². The summed E-state index contributed by atoms with van der Waals surface area (Å²) in [6, 6.07) is 16.0. The minimum atomic E-state index is -0.444. The van der Waals surface area contributed by atoms with Crippen LogP contribution in [0.5, 0.6) is 0 Å². The zero-order chi connectivity index (χ0) is 17.4. The minimum Gasteiger partial charge on any atom is -0.469 e. The lowest BCUT2D eigenvalue weighted by Gasteiger charge is -2.17. The fourth-order valence-electron chi connectivity index (χ4n) is 2.15. The third kappa shape index (κ3) is 5.56. The fraction of sp³-hybridized carbons (Fsp3) is 0.158. The Kier molecular flexibility index (Phi) is 6.58. The van der Waals surface area contributed by atoms with Gasteiger partial charge in [-0.25, -0.2) is 0 Å². The number of ether oxygens (including phenoxy) is 1. The number of methoxy groups -OCH3 is 1. The van der Waals surface area contributed by atoms with Crippen molar-refractivity contribution in [3.05, 3.63) is 76.8 Å². The highest BCUT2D eigenvalue weighted by Crippen LogP contribution is 2.17. The molecule has 1 unspecified atom stereocenters. The number of carbonyl (C=O) groups is 2. The van der Waals surface area contributed by atoms with Gasteiger partial charge in [0.2, 0.25) is 5.91 Å². The molecular formula is C19H18ClNO3. The molecule has 0 aromatic heterocycles. The van der Waals surface area contributed by atoms with Crippen LogP contribution in [0.4, 0.5) is 0 Å². The Labute approximate surface area is 146 Å². The molecule has 1 atom stereocenters. The normalized spacial score (nSPS) is 11.9. The first-order chi connectivity index (χ1) is 11.6. The standard InChI is InChI=1S/C19H18ClNO3/c1-24-19(23)13-17(15-5-3-2-4-6-15)21-18(22)12-9-14-7-10-16(20)11-8-14/h2-12,17H,13H2,1H3,(H,21,22)/b12-9+. The number of halogens is 1. The van der Waals surface area contributed by atoms with Crippen LogP contribution in [0, 0.1) is 0 Å².